The molecule has 2 heterocycles. The summed E-state index contributed by atoms with van der Waals surface area (Å²) in [6, 6.07) is 17.3. The van der Waals surface area contributed by atoms with Crippen LogP contribution < -0.4 is 19.3 Å². The van der Waals surface area contributed by atoms with Crippen LogP contribution >= 0.6 is 0 Å². The molecule has 4 rings (SSSR count). The number of halogens is 1. The summed E-state index contributed by atoms with van der Waals surface area (Å²) < 4.78 is 31.7. The SMILES string of the molecule is COc1ccc(CN(Cc2ccc(OC)cc2)c2nccc(N3CCOCC3)c2F)cc1. The van der Waals surface area contributed by atoms with Crippen molar-refractivity contribution in [3.8, 4) is 11.5 Å². The Bertz CT molecular complexity index is 956. The molecule has 0 saturated carbocycles. The van der Waals surface area contributed by atoms with E-state index < -0.39 is 0 Å². The molecule has 1 fully saturated rings. The molecule has 1 aliphatic heterocycles. The van der Waals surface area contributed by atoms with Crippen LogP contribution in [0.2, 0.25) is 0 Å². The number of pyridine rings is 1. The molecule has 1 aliphatic rings. The Morgan fingerprint density at radius 2 is 1.41 bits per heavy atom. The lowest BCUT2D eigenvalue weighted by Crippen LogP contribution is -2.37. The number of methoxy groups -OCH3 is 2. The molecule has 32 heavy (non-hydrogen) atoms. The van der Waals surface area contributed by atoms with Crippen molar-refractivity contribution in [1.29, 1.82) is 0 Å². The standard InChI is InChI=1S/C25H28FN3O3/c1-30-21-7-3-19(4-8-21)17-29(18-20-5-9-22(31-2)10-6-20)25-24(26)23(11-12-27-25)28-13-15-32-16-14-28/h3-12H,13-18H2,1-2H3. The van der Waals surface area contributed by atoms with Gasteiger partial charge in [-0.25, -0.2) is 9.37 Å². The van der Waals surface area contributed by atoms with E-state index in [1.54, 1.807) is 26.5 Å². The molecule has 0 unspecified atom stereocenters. The summed E-state index contributed by atoms with van der Waals surface area (Å²) in [5.74, 6) is 1.60. The fourth-order valence-corrected chi connectivity index (χ4v) is 3.80. The molecule has 0 radical (unpaired) electrons. The smallest absolute Gasteiger partial charge is 0.188 e. The van der Waals surface area contributed by atoms with Gasteiger partial charge in [0.05, 0.1) is 33.1 Å². The first-order valence-corrected chi connectivity index (χ1v) is 10.7. The predicted molar refractivity (Wildman–Crippen MR) is 123 cm³/mol. The minimum Gasteiger partial charge on any atom is -0.497 e. The van der Waals surface area contributed by atoms with Gasteiger partial charge < -0.3 is 24.0 Å². The highest BCUT2D eigenvalue weighted by molar-refractivity contribution is 5.57. The zero-order valence-corrected chi connectivity index (χ0v) is 18.5. The fourth-order valence-electron chi connectivity index (χ4n) is 3.80. The molecule has 0 atom stereocenters. The zero-order chi connectivity index (χ0) is 22.3. The van der Waals surface area contributed by atoms with Gasteiger partial charge in [0.2, 0.25) is 0 Å². The number of hydrogen-bond acceptors (Lipinski definition) is 6. The largest absolute Gasteiger partial charge is 0.497 e. The second kappa shape index (κ2) is 10.3. The topological polar surface area (TPSA) is 47.1 Å². The number of anilines is 2. The molecule has 0 bridgehead atoms. The van der Waals surface area contributed by atoms with Crippen LogP contribution in [0, 0.1) is 5.82 Å². The van der Waals surface area contributed by atoms with Crippen LogP contribution in [0.1, 0.15) is 11.1 Å². The first kappa shape index (κ1) is 21.9. The number of morpholine rings is 1. The zero-order valence-electron chi connectivity index (χ0n) is 18.5. The molecule has 1 aromatic heterocycles. The molecule has 168 valence electrons. The molecular weight excluding hydrogens is 409 g/mol. The summed E-state index contributed by atoms with van der Waals surface area (Å²) in [7, 11) is 3.28. The molecule has 0 spiro atoms. The molecule has 2 aromatic carbocycles. The lowest BCUT2D eigenvalue weighted by atomic mass is 10.1. The summed E-state index contributed by atoms with van der Waals surface area (Å²) in [4.78, 5) is 8.42. The third-order valence-electron chi connectivity index (χ3n) is 5.57. The molecule has 0 amide bonds. The maximum absolute atomic E-state index is 15.7. The van der Waals surface area contributed by atoms with Gasteiger partial charge in [0.1, 0.15) is 11.5 Å². The third-order valence-corrected chi connectivity index (χ3v) is 5.57. The lowest BCUT2D eigenvalue weighted by molar-refractivity contribution is 0.122. The number of ether oxygens (including phenoxy) is 3. The minimum atomic E-state index is -0.309. The van der Waals surface area contributed by atoms with Gasteiger partial charge in [-0.1, -0.05) is 24.3 Å². The summed E-state index contributed by atoms with van der Waals surface area (Å²) in [5, 5.41) is 0. The van der Waals surface area contributed by atoms with Crippen molar-refractivity contribution >= 4 is 11.5 Å². The third kappa shape index (κ3) is 5.11. The van der Waals surface area contributed by atoms with Crippen molar-refractivity contribution in [3.05, 3.63) is 77.7 Å². The summed E-state index contributed by atoms with van der Waals surface area (Å²) in [5.41, 5.74) is 2.64. The normalized spacial score (nSPS) is 13.7. The van der Waals surface area contributed by atoms with E-state index in [0.29, 0.717) is 50.9 Å². The highest BCUT2D eigenvalue weighted by Gasteiger charge is 2.22. The Morgan fingerprint density at radius 1 is 0.875 bits per heavy atom. The number of nitrogens with zero attached hydrogens (tertiary/aromatic N) is 3. The Hall–Kier alpha value is -3.32. The van der Waals surface area contributed by atoms with Gasteiger partial charge in [0.25, 0.3) is 0 Å². The second-order valence-electron chi connectivity index (χ2n) is 7.62. The van der Waals surface area contributed by atoms with E-state index >= 15 is 4.39 Å². The van der Waals surface area contributed by atoms with Gasteiger partial charge in [0.15, 0.2) is 11.6 Å². The highest BCUT2D eigenvalue weighted by Crippen LogP contribution is 2.29. The van der Waals surface area contributed by atoms with Gasteiger partial charge in [-0.3, -0.25) is 0 Å². The first-order chi connectivity index (χ1) is 15.7. The van der Waals surface area contributed by atoms with Crippen molar-refractivity contribution in [2.45, 2.75) is 13.1 Å². The predicted octanol–water partition coefficient (Wildman–Crippen LogP) is 4.28. The van der Waals surface area contributed by atoms with E-state index in [-0.39, 0.29) is 5.82 Å². The van der Waals surface area contributed by atoms with E-state index in [4.69, 9.17) is 14.2 Å². The van der Waals surface area contributed by atoms with Crippen LogP contribution in [0.15, 0.2) is 60.8 Å². The number of hydrogen-bond donors (Lipinski definition) is 0. The van der Waals surface area contributed by atoms with Crippen molar-refractivity contribution in [3.63, 3.8) is 0 Å². The average molecular weight is 438 g/mol. The van der Waals surface area contributed by atoms with Gasteiger partial charge in [-0.05, 0) is 41.5 Å². The van der Waals surface area contributed by atoms with E-state index in [1.807, 2.05) is 58.3 Å². The average Bonchev–Trinajstić information content (AvgIpc) is 2.85. The molecule has 6 nitrogen and oxygen atoms in total. The van der Waals surface area contributed by atoms with Crippen LogP contribution in [-0.2, 0) is 17.8 Å². The Kier molecular flexibility index (Phi) is 7.07. The molecule has 0 N–H and O–H groups in total. The van der Waals surface area contributed by atoms with Crippen molar-refractivity contribution in [2.24, 2.45) is 0 Å². The maximum Gasteiger partial charge on any atom is 0.188 e. The van der Waals surface area contributed by atoms with Crippen molar-refractivity contribution in [2.75, 3.05) is 50.3 Å². The fraction of sp³-hybridized carbons (Fsp3) is 0.320. The van der Waals surface area contributed by atoms with Crippen molar-refractivity contribution in [1.82, 2.24) is 4.98 Å². The summed E-state index contributed by atoms with van der Waals surface area (Å²) in [6.45, 7) is 3.53. The molecule has 7 heteroatoms. The first-order valence-electron chi connectivity index (χ1n) is 10.7. The van der Waals surface area contributed by atoms with Crippen molar-refractivity contribution < 1.29 is 18.6 Å². The summed E-state index contributed by atoms with van der Waals surface area (Å²) in [6.07, 6.45) is 1.68. The van der Waals surface area contributed by atoms with E-state index in [0.717, 1.165) is 22.6 Å². The van der Waals surface area contributed by atoms with Crippen LogP contribution in [0.25, 0.3) is 0 Å². The quantitative estimate of drug-likeness (QED) is 0.524. The second-order valence-corrected chi connectivity index (χ2v) is 7.62. The molecule has 3 aromatic rings. The van der Waals surface area contributed by atoms with Crippen LogP contribution in [-0.4, -0.2) is 45.5 Å². The van der Waals surface area contributed by atoms with Gasteiger partial charge in [0, 0.05) is 32.4 Å². The molecule has 0 aliphatic carbocycles. The minimum absolute atomic E-state index is 0.309. The van der Waals surface area contributed by atoms with Gasteiger partial charge in [-0.15, -0.1) is 0 Å². The Balaban J connectivity index is 1.65. The lowest BCUT2D eigenvalue weighted by Gasteiger charge is -2.31. The Morgan fingerprint density at radius 3 is 1.91 bits per heavy atom. The van der Waals surface area contributed by atoms with E-state index in [1.165, 1.54) is 0 Å². The Labute approximate surface area is 188 Å². The number of aromatic nitrogens is 1. The monoisotopic (exact) mass is 437 g/mol. The maximum atomic E-state index is 15.7. The number of benzene rings is 2. The van der Waals surface area contributed by atoms with E-state index in [2.05, 4.69) is 4.98 Å². The van der Waals surface area contributed by atoms with Gasteiger partial charge in [-0.2, -0.15) is 0 Å². The van der Waals surface area contributed by atoms with Crippen LogP contribution in [0.5, 0.6) is 11.5 Å². The molecule has 1 saturated heterocycles. The highest BCUT2D eigenvalue weighted by atomic mass is 19.1. The van der Waals surface area contributed by atoms with Gasteiger partial charge >= 0.3 is 0 Å². The van der Waals surface area contributed by atoms with Crippen LogP contribution in [0.4, 0.5) is 15.9 Å². The summed E-state index contributed by atoms with van der Waals surface area (Å²) >= 11 is 0. The number of rotatable bonds is 8. The van der Waals surface area contributed by atoms with Crippen LogP contribution in [0.3, 0.4) is 0 Å². The van der Waals surface area contributed by atoms with E-state index in [9.17, 15) is 0 Å². The molecular formula is C25H28FN3O3.